The van der Waals surface area contributed by atoms with Crippen molar-refractivity contribution in [2.45, 2.75) is 32.3 Å². The molecule has 0 aromatic heterocycles. The van der Waals surface area contributed by atoms with Gasteiger partial charge in [0.1, 0.15) is 12.2 Å². The number of allylic oxidation sites excluding steroid dienone is 2. The summed E-state index contributed by atoms with van der Waals surface area (Å²) < 4.78 is 4.82. The van der Waals surface area contributed by atoms with E-state index in [4.69, 9.17) is 4.74 Å². The highest BCUT2D eigenvalue weighted by molar-refractivity contribution is 5.66. The van der Waals surface area contributed by atoms with Crippen molar-refractivity contribution in [1.82, 2.24) is 0 Å². The molecule has 1 aliphatic rings. The van der Waals surface area contributed by atoms with E-state index in [0.29, 0.717) is 12.3 Å². The summed E-state index contributed by atoms with van der Waals surface area (Å²) >= 11 is 0. The Balaban J connectivity index is 2.55. The van der Waals surface area contributed by atoms with Gasteiger partial charge in [-0.2, -0.15) is 0 Å². The number of esters is 1. The number of hydrogen-bond acceptors (Lipinski definition) is 3. The zero-order chi connectivity index (χ0) is 11.5. The molecule has 1 aliphatic carbocycles. The quantitative estimate of drug-likeness (QED) is 0.571. The van der Waals surface area contributed by atoms with Gasteiger partial charge in [-0.25, -0.2) is 0 Å². The molecule has 2 atom stereocenters. The maximum Gasteiger partial charge on any atom is 0.302 e. The molecular formula is C12H18O3. The van der Waals surface area contributed by atoms with Crippen LogP contribution < -0.4 is 0 Å². The molecule has 0 fully saturated rings. The Bertz CT molecular complexity index is 293. The van der Waals surface area contributed by atoms with Crippen molar-refractivity contribution in [3.8, 4) is 0 Å². The van der Waals surface area contributed by atoms with Crippen LogP contribution in [-0.2, 0) is 9.53 Å². The van der Waals surface area contributed by atoms with Crippen molar-refractivity contribution < 1.29 is 14.6 Å². The Morgan fingerprint density at radius 3 is 2.73 bits per heavy atom. The third kappa shape index (κ3) is 3.51. The standard InChI is InChI=1S/C12H18O3/c1-9(2)11-4-6-12(14,7-5-11)8-15-10(3)13/h4,6,11,14H,1,5,7-8H2,2-3H3/t11-,12+/m0/s1. The van der Waals surface area contributed by atoms with E-state index in [-0.39, 0.29) is 12.6 Å². The lowest BCUT2D eigenvalue weighted by atomic mass is 9.83. The molecule has 0 radical (unpaired) electrons. The Kier molecular flexibility index (Phi) is 3.69. The van der Waals surface area contributed by atoms with E-state index in [0.717, 1.165) is 12.0 Å². The van der Waals surface area contributed by atoms with Crippen molar-refractivity contribution in [3.05, 3.63) is 24.3 Å². The lowest BCUT2D eigenvalue weighted by molar-refractivity contribution is -0.147. The number of ether oxygens (including phenoxy) is 1. The number of hydrogen-bond donors (Lipinski definition) is 1. The first-order valence-electron chi connectivity index (χ1n) is 5.13. The Labute approximate surface area is 90.4 Å². The van der Waals surface area contributed by atoms with Crippen molar-refractivity contribution in [2.75, 3.05) is 6.61 Å². The van der Waals surface area contributed by atoms with E-state index in [1.165, 1.54) is 6.92 Å². The molecule has 0 aromatic carbocycles. The second-order valence-electron chi connectivity index (χ2n) is 4.23. The lowest BCUT2D eigenvalue weighted by Crippen LogP contribution is -2.36. The minimum absolute atomic E-state index is 0.0434. The molecule has 0 amide bonds. The topological polar surface area (TPSA) is 46.5 Å². The average Bonchev–Trinajstić information content (AvgIpc) is 2.16. The number of carbonyl (C=O) groups is 1. The van der Waals surface area contributed by atoms with Crippen LogP contribution in [-0.4, -0.2) is 23.3 Å². The predicted molar refractivity (Wildman–Crippen MR) is 58.3 cm³/mol. The normalized spacial score (nSPS) is 29.9. The maximum absolute atomic E-state index is 10.6. The van der Waals surface area contributed by atoms with Crippen molar-refractivity contribution in [3.63, 3.8) is 0 Å². The van der Waals surface area contributed by atoms with Gasteiger partial charge >= 0.3 is 5.97 Å². The van der Waals surface area contributed by atoms with E-state index in [1.54, 1.807) is 6.08 Å². The summed E-state index contributed by atoms with van der Waals surface area (Å²) in [5, 5.41) is 10.0. The van der Waals surface area contributed by atoms with Crippen LogP contribution in [0.3, 0.4) is 0 Å². The first kappa shape index (κ1) is 12.0. The summed E-state index contributed by atoms with van der Waals surface area (Å²) in [6, 6.07) is 0. The summed E-state index contributed by atoms with van der Waals surface area (Å²) in [5.74, 6) is -0.0264. The molecule has 15 heavy (non-hydrogen) atoms. The SMILES string of the molecule is C=C(C)[C@H]1C=C[C@](O)(COC(C)=O)CC1. The van der Waals surface area contributed by atoms with Crippen LogP contribution in [0, 0.1) is 5.92 Å². The zero-order valence-electron chi connectivity index (χ0n) is 9.32. The van der Waals surface area contributed by atoms with Crippen LogP contribution in [0.4, 0.5) is 0 Å². The van der Waals surface area contributed by atoms with E-state index in [9.17, 15) is 9.90 Å². The van der Waals surface area contributed by atoms with Crippen molar-refractivity contribution in [1.29, 1.82) is 0 Å². The molecule has 0 bridgehead atoms. The summed E-state index contributed by atoms with van der Waals surface area (Å²) in [6.45, 7) is 7.24. The van der Waals surface area contributed by atoms with E-state index in [1.807, 2.05) is 13.0 Å². The van der Waals surface area contributed by atoms with Crippen LogP contribution in [0.25, 0.3) is 0 Å². The Morgan fingerprint density at radius 2 is 2.33 bits per heavy atom. The Morgan fingerprint density at radius 1 is 1.67 bits per heavy atom. The summed E-state index contributed by atoms with van der Waals surface area (Å²) in [5.41, 5.74) is 0.109. The second-order valence-corrected chi connectivity index (χ2v) is 4.23. The minimum Gasteiger partial charge on any atom is -0.462 e. The van der Waals surface area contributed by atoms with Crippen LogP contribution in [0.15, 0.2) is 24.3 Å². The molecule has 0 heterocycles. The van der Waals surface area contributed by atoms with Crippen molar-refractivity contribution >= 4 is 5.97 Å². The predicted octanol–water partition coefficient (Wildman–Crippen LogP) is 1.82. The van der Waals surface area contributed by atoms with Crippen molar-refractivity contribution in [2.24, 2.45) is 5.92 Å². The molecule has 3 heteroatoms. The highest BCUT2D eigenvalue weighted by Crippen LogP contribution is 2.29. The average molecular weight is 210 g/mol. The monoisotopic (exact) mass is 210 g/mol. The number of aliphatic hydroxyl groups is 1. The molecule has 0 spiro atoms. The molecule has 84 valence electrons. The molecule has 1 N–H and O–H groups in total. The highest BCUT2D eigenvalue weighted by Gasteiger charge is 2.29. The molecule has 0 unspecified atom stereocenters. The van der Waals surface area contributed by atoms with E-state index >= 15 is 0 Å². The molecule has 0 aromatic rings. The molecule has 1 rings (SSSR count). The first-order valence-corrected chi connectivity index (χ1v) is 5.13. The van der Waals surface area contributed by atoms with Crippen LogP contribution >= 0.6 is 0 Å². The van der Waals surface area contributed by atoms with Gasteiger partial charge in [0, 0.05) is 6.92 Å². The zero-order valence-corrected chi connectivity index (χ0v) is 9.32. The van der Waals surface area contributed by atoms with Gasteiger partial charge in [-0.05, 0) is 25.7 Å². The molecule has 0 saturated heterocycles. The van der Waals surface area contributed by atoms with Gasteiger partial charge in [0.25, 0.3) is 0 Å². The van der Waals surface area contributed by atoms with Gasteiger partial charge < -0.3 is 9.84 Å². The molecule has 0 saturated carbocycles. The molecular weight excluding hydrogens is 192 g/mol. The smallest absolute Gasteiger partial charge is 0.302 e. The van der Waals surface area contributed by atoms with Crippen LogP contribution in [0.2, 0.25) is 0 Å². The fraction of sp³-hybridized carbons (Fsp3) is 0.583. The Hall–Kier alpha value is -1.09. The van der Waals surface area contributed by atoms with Gasteiger partial charge in [0.2, 0.25) is 0 Å². The van der Waals surface area contributed by atoms with Gasteiger partial charge in [0.05, 0.1) is 0 Å². The fourth-order valence-corrected chi connectivity index (χ4v) is 1.64. The van der Waals surface area contributed by atoms with Crippen LogP contribution in [0.5, 0.6) is 0 Å². The largest absolute Gasteiger partial charge is 0.462 e. The minimum atomic E-state index is -0.988. The van der Waals surface area contributed by atoms with E-state index < -0.39 is 5.60 Å². The summed E-state index contributed by atoms with van der Waals surface area (Å²) in [7, 11) is 0. The van der Waals surface area contributed by atoms with Gasteiger partial charge in [-0.1, -0.05) is 24.3 Å². The first-order chi connectivity index (χ1) is 6.93. The fourth-order valence-electron chi connectivity index (χ4n) is 1.64. The van der Waals surface area contributed by atoms with E-state index in [2.05, 4.69) is 6.58 Å². The van der Waals surface area contributed by atoms with Gasteiger partial charge in [0.15, 0.2) is 0 Å². The van der Waals surface area contributed by atoms with Gasteiger partial charge in [-0.15, -0.1) is 0 Å². The van der Waals surface area contributed by atoms with Gasteiger partial charge in [-0.3, -0.25) is 4.79 Å². The second kappa shape index (κ2) is 4.62. The number of rotatable bonds is 3. The third-order valence-electron chi connectivity index (χ3n) is 2.69. The molecule has 0 aliphatic heterocycles. The third-order valence-corrected chi connectivity index (χ3v) is 2.69. The summed E-state index contributed by atoms with van der Waals surface area (Å²) in [6.07, 6.45) is 5.12. The highest BCUT2D eigenvalue weighted by atomic mass is 16.5. The van der Waals surface area contributed by atoms with Crippen LogP contribution in [0.1, 0.15) is 26.7 Å². The molecule has 3 nitrogen and oxygen atoms in total. The number of carbonyl (C=O) groups excluding carboxylic acids is 1. The summed E-state index contributed by atoms with van der Waals surface area (Å²) in [4.78, 5) is 10.6. The maximum atomic E-state index is 10.6. The lowest BCUT2D eigenvalue weighted by Gasteiger charge is -2.30.